The van der Waals surface area contributed by atoms with Crippen molar-refractivity contribution in [1.29, 1.82) is 0 Å². The number of methoxy groups -OCH3 is 2. The Balaban J connectivity index is 0.00000840. The first kappa shape index (κ1) is 40.7. The van der Waals surface area contributed by atoms with Crippen LogP contribution in [0.4, 0.5) is 0 Å². The Morgan fingerprint density at radius 2 is 1.74 bits per heavy atom. The topological polar surface area (TPSA) is 116 Å². The number of nitrogens with zero attached hydrogens (tertiary/aromatic N) is 1. The number of aliphatic hydroxyl groups excluding tert-OH is 1. The van der Waals surface area contributed by atoms with Crippen molar-refractivity contribution in [3.8, 4) is 11.5 Å². The number of benzene rings is 1. The van der Waals surface area contributed by atoms with E-state index in [4.69, 9.17) is 24.7 Å². The van der Waals surface area contributed by atoms with Gasteiger partial charge in [0.1, 0.15) is 0 Å². The van der Waals surface area contributed by atoms with Gasteiger partial charge in [-0.1, -0.05) is 33.8 Å². The monoisotopic (exact) mass is 637 g/mol. The van der Waals surface area contributed by atoms with E-state index in [2.05, 4.69) is 30.1 Å². The lowest BCUT2D eigenvalue weighted by atomic mass is 9.81. The number of amides is 1. The van der Waals surface area contributed by atoms with Gasteiger partial charge in [-0.3, -0.25) is 9.69 Å². The summed E-state index contributed by atoms with van der Waals surface area (Å²) in [4.78, 5) is 15.3. The number of carbonyl (C=O) groups is 1. The van der Waals surface area contributed by atoms with Crippen LogP contribution in [0.3, 0.4) is 0 Å². The van der Waals surface area contributed by atoms with Crippen LogP contribution in [-0.2, 0) is 20.7 Å². The van der Waals surface area contributed by atoms with Crippen LogP contribution in [0, 0.1) is 23.7 Å². The summed E-state index contributed by atoms with van der Waals surface area (Å²) in [6, 6.07) is 5.63. The van der Waals surface area contributed by atoms with Gasteiger partial charge in [0.25, 0.3) is 0 Å². The summed E-state index contributed by atoms with van der Waals surface area (Å²) in [6.07, 6.45) is 1.88. The minimum Gasteiger partial charge on any atom is -0.493 e. The molecule has 2 rings (SSSR count). The lowest BCUT2D eigenvalue weighted by molar-refractivity contribution is -0.127. The van der Waals surface area contributed by atoms with Gasteiger partial charge in [0.15, 0.2) is 11.5 Å². The molecule has 4 atom stereocenters. The van der Waals surface area contributed by atoms with Crippen LogP contribution in [-0.4, -0.2) is 94.9 Å². The maximum atomic E-state index is 13.0. The van der Waals surface area contributed by atoms with E-state index in [1.165, 1.54) is 0 Å². The fourth-order valence-corrected chi connectivity index (χ4v) is 5.16. The second-order valence-corrected chi connectivity index (χ2v) is 11.7. The third-order valence-electron chi connectivity index (χ3n) is 7.96. The van der Waals surface area contributed by atoms with E-state index in [1.807, 2.05) is 26.0 Å². The standard InChI is InChI=1S/C31H55N3O6.2ClH/c1-22(2)25(18-24-8-9-29(38-6)30(19-24)40-15-7-14-37-5)20-27(32)28(35)21-26(23(3)4)31(36)33-10-11-34-12-16-39-17-13-34;;/h8-9,19,22-23,25-28,35H,7,10-18,20-21,32H2,1-6H3,(H,33,36);2*1H/t25-,26-,27-,28-;;/m0../s1. The number of nitrogens with two attached hydrogens (primary N) is 1. The van der Waals surface area contributed by atoms with E-state index in [9.17, 15) is 9.90 Å². The molecule has 1 saturated heterocycles. The molecule has 0 radical (unpaired) electrons. The molecule has 0 saturated carbocycles. The van der Waals surface area contributed by atoms with Crippen LogP contribution in [0.5, 0.6) is 11.5 Å². The molecule has 0 aliphatic carbocycles. The fourth-order valence-electron chi connectivity index (χ4n) is 5.16. The van der Waals surface area contributed by atoms with Gasteiger partial charge in [0, 0.05) is 58.3 Å². The fraction of sp³-hybridized carbons (Fsp3) is 0.774. The molecule has 1 fully saturated rings. The largest absolute Gasteiger partial charge is 0.493 e. The lowest BCUT2D eigenvalue weighted by Gasteiger charge is -2.30. The number of rotatable bonds is 19. The number of halogens is 2. The molecule has 1 aromatic carbocycles. The normalized spacial score (nSPS) is 16.6. The molecule has 0 bridgehead atoms. The van der Waals surface area contributed by atoms with Gasteiger partial charge < -0.3 is 35.1 Å². The Labute approximate surface area is 266 Å². The zero-order chi connectivity index (χ0) is 29.5. The zero-order valence-corrected chi connectivity index (χ0v) is 28.1. The maximum absolute atomic E-state index is 13.0. The van der Waals surface area contributed by atoms with Crippen LogP contribution < -0.4 is 20.5 Å². The van der Waals surface area contributed by atoms with Crippen molar-refractivity contribution in [2.45, 2.75) is 65.5 Å². The Kier molecular flexibility index (Phi) is 21.5. The van der Waals surface area contributed by atoms with Gasteiger partial charge in [-0.05, 0) is 54.7 Å². The van der Waals surface area contributed by atoms with Crippen molar-refractivity contribution in [1.82, 2.24) is 10.2 Å². The SMILES string of the molecule is COCCCOc1cc(C[C@@H](C[C@H](N)[C@@H](O)C[C@H](C(=O)NCCN2CCOCC2)C(C)C)C(C)C)ccc1OC.Cl.Cl. The molecule has 4 N–H and O–H groups in total. The third kappa shape index (κ3) is 14.4. The molecule has 11 heteroatoms. The summed E-state index contributed by atoms with van der Waals surface area (Å²) >= 11 is 0. The summed E-state index contributed by atoms with van der Waals surface area (Å²) in [5.41, 5.74) is 7.71. The van der Waals surface area contributed by atoms with E-state index in [0.29, 0.717) is 44.3 Å². The first-order chi connectivity index (χ1) is 19.2. The highest BCUT2D eigenvalue weighted by Crippen LogP contribution is 2.31. The average molecular weight is 639 g/mol. The van der Waals surface area contributed by atoms with Gasteiger partial charge in [-0.15, -0.1) is 24.8 Å². The Morgan fingerprint density at radius 1 is 1.05 bits per heavy atom. The van der Waals surface area contributed by atoms with Gasteiger partial charge in [0.2, 0.25) is 5.91 Å². The molecule has 1 heterocycles. The van der Waals surface area contributed by atoms with Crippen LogP contribution in [0.1, 0.15) is 52.5 Å². The van der Waals surface area contributed by atoms with E-state index in [0.717, 1.165) is 57.0 Å². The molecule has 9 nitrogen and oxygen atoms in total. The minimum atomic E-state index is -0.755. The molecule has 1 aliphatic rings. The van der Waals surface area contributed by atoms with Gasteiger partial charge in [0.05, 0.1) is 33.0 Å². The highest BCUT2D eigenvalue weighted by Gasteiger charge is 2.30. The number of hydrogen-bond donors (Lipinski definition) is 3. The van der Waals surface area contributed by atoms with Gasteiger partial charge >= 0.3 is 0 Å². The van der Waals surface area contributed by atoms with Crippen molar-refractivity contribution in [3.05, 3.63) is 23.8 Å². The second kappa shape index (κ2) is 22.2. The van der Waals surface area contributed by atoms with Crippen LogP contribution in [0.2, 0.25) is 0 Å². The van der Waals surface area contributed by atoms with Crippen LogP contribution >= 0.6 is 24.8 Å². The van der Waals surface area contributed by atoms with Gasteiger partial charge in [-0.2, -0.15) is 0 Å². The Bertz CT molecular complexity index is 858. The highest BCUT2D eigenvalue weighted by molar-refractivity contribution is 5.85. The molecular formula is C31H57Cl2N3O6. The number of aliphatic hydroxyl groups is 1. The molecule has 0 unspecified atom stereocenters. The maximum Gasteiger partial charge on any atom is 0.223 e. The molecule has 1 aromatic rings. The molecule has 246 valence electrons. The summed E-state index contributed by atoms with van der Waals surface area (Å²) in [7, 11) is 3.32. The quantitative estimate of drug-likeness (QED) is 0.195. The van der Waals surface area contributed by atoms with Crippen molar-refractivity contribution in [2.75, 3.05) is 66.8 Å². The number of hydrogen-bond acceptors (Lipinski definition) is 8. The molecule has 0 spiro atoms. The molecule has 1 amide bonds. The number of nitrogens with one attached hydrogen (secondary N) is 1. The van der Waals surface area contributed by atoms with Crippen molar-refractivity contribution < 1.29 is 28.8 Å². The summed E-state index contributed by atoms with van der Waals surface area (Å²) in [5, 5.41) is 14.2. The molecular weight excluding hydrogens is 581 g/mol. The lowest BCUT2D eigenvalue weighted by Crippen LogP contribution is -2.45. The first-order valence-corrected chi connectivity index (χ1v) is 15.0. The molecule has 1 aliphatic heterocycles. The number of morpholine rings is 1. The predicted octanol–water partition coefficient (Wildman–Crippen LogP) is 3.96. The molecule has 42 heavy (non-hydrogen) atoms. The zero-order valence-electron chi connectivity index (χ0n) is 26.5. The number of carbonyl (C=O) groups excluding carboxylic acids is 1. The summed E-state index contributed by atoms with van der Waals surface area (Å²) in [5.74, 6) is 1.87. The first-order valence-electron chi connectivity index (χ1n) is 15.0. The molecule has 0 aromatic heterocycles. The van der Waals surface area contributed by atoms with E-state index < -0.39 is 12.1 Å². The summed E-state index contributed by atoms with van der Waals surface area (Å²) in [6.45, 7) is 14.3. The minimum absolute atomic E-state index is 0. The average Bonchev–Trinajstić information content (AvgIpc) is 2.93. The van der Waals surface area contributed by atoms with E-state index >= 15 is 0 Å². The Hall–Kier alpha value is -1.33. The van der Waals surface area contributed by atoms with Crippen LogP contribution in [0.15, 0.2) is 18.2 Å². The third-order valence-corrected chi connectivity index (χ3v) is 7.96. The van der Waals surface area contributed by atoms with Crippen LogP contribution in [0.25, 0.3) is 0 Å². The smallest absolute Gasteiger partial charge is 0.223 e. The Morgan fingerprint density at radius 3 is 2.33 bits per heavy atom. The van der Waals surface area contributed by atoms with Crippen molar-refractivity contribution >= 4 is 30.7 Å². The number of ether oxygens (including phenoxy) is 4. The van der Waals surface area contributed by atoms with E-state index in [1.54, 1.807) is 14.2 Å². The summed E-state index contributed by atoms with van der Waals surface area (Å²) < 4.78 is 22.0. The van der Waals surface area contributed by atoms with Crippen molar-refractivity contribution in [2.24, 2.45) is 29.4 Å². The van der Waals surface area contributed by atoms with Gasteiger partial charge in [-0.25, -0.2) is 0 Å². The second-order valence-electron chi connectivity index (χ2n) is 11.7. The highest BCUT2D eigenvalue weighted by atomic mass is 35.5. The predicted molar refractivity (Wildman–Crippen MR) is 173 cm³/mol. The van der Waals surface area contributed by atoms with E-state index in [-0.39, 0.29) is 48.5 Å². The van der Waals surface area contributed by atoms with Crippen molar-refractivity contribution in [3.63, 3.8) is 0 Å².